The SMILES string of the molecule is CCCN(C(=O)C(CCC(N)=O)NC(=O)OC(C)(C)C)C(C(=O)NC(C)C)c1ccc(O)cc1. The summed E-state index contributed by atoms with van der Waals surface area (Å²) < 4.78 is 5.28. The van der Waals surface area contributed by atoms with Gasteiger partial charge in [-0.1, -0.05) is 19.1 Å². The number of hydrogen-bond acceptors (Lipinski definition) is 6. The van der Waals surface area contributed by atoms with Crippen LogP contribution in [0.1, 0.15) is 72.4 Å². The number of alkyl carbamates (subject to hydrolysis) is 1. The van der Waals surface area contributed by atoms with E-state index >= 15 is 0 Å². The van der Waals surface area contributed by atoms with Gasteiger partial charge in [-0.15, -0.1) is 0 Å². The summed E-state index contributed by atoms with van der Waals surface area (Å²) in [4.78, 5) is 52.1. The second-order valence-electron chi connectivity index (χ2n) is 9.39. The van der Waals surface area contributed by atoms with Crippen LogP contribution in [-0.2, 0) is 19.1 Å². The Morgan fingerprint density at radius 2 is 1.68 bits per heavy atom. The Labute approximate surface area is 201 Å². The number of nitrogens with two attached hydrogens (primary N) is 1. The Balaban J connectivity index is 3.39. The molecule has 0 aromatic heterocycles. The van der Waals surface area contributed by atoms with Crippen molar-refractivity contribution < 1.29 is 29.0 Å². The zero-order chi connectivity index (χ0) is 26.1. The molecule has 1 aromatic rings. The maximum atomic E-state index is 13.7. The lowest BCUT2D eigenvalue weighted by Crippen LogP contribution is -2.53. The van der Waals surface area contributed by atoms with Crippen LogP contribution in [0.5, 0.6) is 5.75 Å². The van der Waals surface area contributed by atoms with E-state index in [4.69, 9.17) is 10.5 Å². The monoisotopic (exact) mass is 478 g/mol. The normalized spacial score (nSPS) is 13.0. The maximum absolute atomic E-state index is 13.7. The van der Waals surface area contributed by atoms with E-state index in [-0.39, 0.29) is 31.2 Å². The van der Waals surface area contributed by atoms with Gasteiger partial charge < -0.3 is 31.1 Å². The molecule has 0 heterocycles. The molecule has 0 aliphatic rings. The van der Waals surface area contributed by atoms with Crippen LogP contribution in [0.4, 0.5) is 4.79 Å². The van der Waals surface area contributed by atoms with Gasteiger partial charge in [-0.25, -0.2) is 4.79 Å². The third kappa shape index (κ3) is 9.68. The van der Waals surface area contributed by atoms with Crippen molar-refractivity contribution in [2.75, 3.05) is 6.54 Å². The number of benzene rings is 1. The highest BCUT2D eigenvalue weighted by Crippen LogP contribution is 2.25. The fraction of sp³-hybridized carbons (Fsp3) is 0.583. The number of aromatic hydroxyl groups is 1. The van der Waals surface area contributed by atoms with Crippen molar-refractivity contribution in [2.45, 2.75) is 84.5 Å². The first-order valence-electron chi connectivity index (χ1n) is 11.4. The van der Waals surface area contributed by atoms with Crippen molar-refractivity contribution in [3.8, 4) is 5.75 Å². The molecule has 0 spiro atoms. The summed E-state index contributed by atoms with van der Waals surface area (Å²) >= 11 is 0. The van der Waals surface area contributed by atoms with Gasteiger partial charge in [-0.2, -0.15) is 0 Å². The third-order valence-corrected chi connectivity index (χ3v) is 4.62. The molecule has 0 bridgehead atoms. The number of ether oxygens (including phenoxy) is 1. The Bertz CT molecular complexity index is 848. The first-order valence-corrected chi connectivity index (χ1v) is 11.4. The summed E-state index contributed by atoms with van der Waals surface area (Å²) in [5, 5.41) is 15.0. The fourth-order valence-corrected chi connectivity index (χ4v) is 3.29. The zero-order valence-electron chi connectivity index (χ0n) is 20.9. The lowest BCUT2D eigenvalue weighted by molar-refractivity contribution is -0.143. The summed E-state index contributed by atoms with van der Waals surface area (Å²) in [5.74, 6) is -1.57. The fourth-order valence-electron chi connectivity index (χ4n) is 3.29. The molecule has 4 amide bonds. The Morgan fingerprint density at radius 1 is 1.09 bits per heavy atom. The molecule has 0 aliphatic heterocycles. The van der Waals surface area contributed by atoms with E-state index in [9.17, 15) is 24.3 Å². The van der Waals surface area contributed by atoms with Crippen molar-refractivity contribution in [3.05, 3.63) is 29.8 Å². The molecule has 0 aliphatic carbocycles. The van der Waals surface area contributed by atoms with Crippen molar-refractivity contribution in [1.82, 2.24) is 15.5 Å². The Kier molecular flexibility index (Phi) is 10.8. The molecule has 0 saturated heterocycles. The molecule has 0 radical (unpaired) electrons. The first kappa shape index (κ1) is 28.7. The number of primary amides is 1. The molecule has 34 heavy (non-hydrogen) atoms. The van der Waals surface area contributed by atoms with Gasteiger partial charge >= 0.3 is 6.09 Å². The minimum Gasteiger partial charge on any atom is -0.508 e. The van der Waals surface area contributed by atoms with Crippen molar-refractivity contribution in [3.63, 3.8) is 0 Å². The number of nitrogens with zero attached hydrogens (tertiary/aromatic N) is 1. The molecule has 10 nitrogen and oxygen atoms in total. The number of carbonyl (C=O) groups is 4. The van der Waals surface area contributed by atoms with Crippen LogP contribution in [0, 0.1) is 0 Å². The largest absolute Gasteiger partial charge is 0.508 e. The van der Waals surface area contributed by atoms with Gasteiger partial charge in [0, 0.05) is 19.0 Å². The van der Waals surface area contributed by atoms with Crippen LogP contribution in [0.2, 0.25) is 0 Å². The molecular formula is C24H38N4O6. The molecule has 5 N–H and O–H groups in total. The van der Waals surface area contributed by atoms with E-state index in [1.54, 1.807) is 46.8 Å². The van der Waals surface area contributed by atoms with Gasteiger partial charge in [-0.05, 0) is 65.2 Å². The smallest absolute Gasteiger partial charge is 0.408 e. The summed E-state index contributed by atoms with van der Waals surface area (Å²) in [6.07, 6.45) is -0.486. The quantitative estimate of drug-likeness (QED) is 0.383. The first-order chi connectivity index (χ1) is 15.7. The van der Waals surface area contributed by atoms with Gasteiger partial charge in [-0.3, -0.25) is 14.4 Å². The minimum atomic E-state index is -1.14. The van der Waals surface area contributed by atoms with E-state index < -0.39 is 41.5 Å². The topological polar surface area (TPSA) is 151 Å². The molecular weight excluding hydrogens is 440 g/mol. The van der Waals surface area contributed by atoms with Crippen LogP contribution in [0.15, 0.2) is 24.3 Å². The minimum absolute atomic E-state index is 0.0195. The molecule has 2 unspecified atom stereocenters. The summed E-state index contributed by atoms with van der Waals surface area (Å²) in [5.41, 5.74) is 4.97. The highest BCUT2D eigenvalue weighted by molar-refractivity contribution is 5.92. The van der Waals surface area contributed by atoms with Crippen molar-refractivity contribution >= 4 is 23.8 Å². The van der Waals surface area contributed by atoms with Crippen LogP contribution in [0.25, 0.3) is 0 Å². The lowest BCUT2D eigenvalue weighted by atomic mass is 10.0. The van der Waals surface area contributed by atoms with E-state index in [0.29, 0.717) is 12.0 Å². The summed E-state index contributed by atoms with van der Waals surface area (Å²) in [7, 11) is 0. The second-order valence-corrected chi connectivity index (χ2v) is 9.39. The average molecular weight is 479 g/mol. The van der Waals surface area contributed by atoms with E-state index in [1.807, 2.05) is 6.92 Å². The van der Waals surface area contributed by atoms with Gasteiger partial charge in [0.15, 0.2) is 0 Å². The number of nitrogens with one attached hydrogen (secondary N) is 2. The van der Waals surface area contributed by atoms with E-state index in [1.165, 1.54) is 17.0 Å². The maximum Gasteiger partial charge on any atom is 0.408 e. The molecule has 2 atom stereocenters. The van der Waals surface area contributed by atoms with E-state index in [2.05, 4.69) is 10.6 Å². The van der Waals surface area contributed by atoms with Crippen molar-refractivity contribution in [2.24, 2.45) is 5.73 Å². The Morgan fingerprint density at radius 3 is 2.15 bits per heavy atom. The predicted molar refractivity (Wildman–Crippen MR) is 128 cm³/mol. The lowest BCUT2D eigenvalue weighted by Gasteiger charge is -2.34. The van der Waals surface area contributed by atoms with Crippen LogP contribution < -0.4 is 16.4 Å². The van der Waals surface area contributed by atoms with Gasteiger partial charge in [0.2, 0.25) is 17.7 Å². The number of rotatable bonds is 11. The highest BCUT2D eigenvalue weighted by atomic mass is 16.6. The van der Waals surface area contributed by atoms with Crippen molar-refractivity contribution in [1.29, 1.82) is 0 Å². The van der Waals surface area contributed by atoms with Gasteiger partial charge in [0.05, 0.1) is 0 Å². The van der Waals surface area contributed by atoms with Crippen LogP contribution in [0.3, 0.4) is 0 Å². The van der Waals surface area contributed by atoms with Crippen LogP contribution in [-0.4, -0.2) is 58.1 Å². The zero-order valence-corrected chi connectivity index (χ0v) is 20.9. The number of phenolic OH excluding ortho intramolecular Hbond substituents is 1. The molecule has 1 aromatic carbocycles. The number of phenols is 1. The van der Waals surface area contributed by atoms with Gasteiger partial charge in [0.25, 0.3) is 0 Å². The number of amides is 4. The van der Waals surface area contributed by atoms with Gasteiger partial charge in [0.1, 0.15) is 23.4 Å². The molecule has 190 valence electrons. The highest BCUT2D eigenvalue weighted by Gasteiger charge is 2.36. The molecule has 1 rings (SSSR count). The van der Waals surface area contributed by atoms with Crippen LogP contribution >= 0.6 is 0 Å². The Hall–Kier alpha value is -3.30. The second kappa shape index (κ2) is 12.8. The third-order valence-electron chi connectivity index (χ3n) is 4.62. The molecule has 10 heteroatoms. The molecule has 0 saturated carbocycles. The summed E-state index contributed by atoms with van der Waals surface area (Å²) in [6.45, 7) is 10.7. The summed E-state index contributed by atoms with van der Waals surface area (Å²) in [6, 6.07) is 3.65. The average Bonchev–Trinajstić information content (AvgIpc) is 2.69. The predicted octanol–water partition coefficient (Wildman–Crippen LogP) is 2.36. The standard InChI is InChI=1S/C24H38N4O6/c1-7-14-28(20(21(31)26-15(2)3)16-8-10-17(29)11-9-16)22(32)18(12-13-19(25)30)27-23(33)34-24(4,5)6/h8-11,15,18,20,29H,7,12-14H2,1-6H3,(H2,25,30)(H,26,31)(H,27,33). The number of hydrogen-bond donors (Lipinski definition) is 4. The number of carbonyl (C=O) groups excluding carboxylic acids is 4. The van der Waals surface area contributed by atoms with E-state index in [0.717, 1.165) is 0 Å². The molecule has 0 fully saturated rings.